The lowest BCUT2D eigenvalue weighted by Crippen LogP contribution is -2.64. The second-order valence-electron chi connectivity index (χ2n) is 15.5. The van der Waals surface area contributed by atoms with Gasteiger partial charge in [0.15, 0.2) is 6.10 Å². The summed E-state index contributed by atoms with van der Waals surface area (Å²) in [6.07, 6.45) is 29.9. The van der Waals surface area contributed by atoms with Crippen molar-refractivity contribution in [2.75, 3.05) is 13.2 Å². The molecule has 0 amide bonds. The Labute approximate surface area is 360 Å². The topological polar surface area (TPSA) is 210 Å². The second kappa shape index (κ2) is 36.1. The third kappa shape index (κ3) is 28.2. The molecule has 1 aliphatic carbocycles. The van der Waals surface area contributed by atoms with Crippen molar-refractivity contribution in [2.45, 2.75) is 204 Å². The fourth-order valence-electron chi connectivity index (χ4n) is 6.39. The Bertz CT molecular complexity index is 1280. The number of allylic oxidation sites excluding steroid dienone is 10. The standard InChI is InChI=1S/C46H79O13P/c1-3-5-7-9-11-13-15-17-19-20-21-23-24-26-28-30-32-34-39(47)56-36-38(37-57-60(54,55)59-46-44(52)42(50)41(49)43(51)45(46)53)58-40(48)35-33-31-29-27-25-22-18-16-14-12-10-8-6-4-2/h7,9,13,15-16,18-20,23-24,38,41-46,49-53H,3-6,8,10-12,14,17,21-22,25-37H2,1-2H3,(H,54,55)/b9-7+,15-13+,18-16+,20-19+,24-23+/t38-,41?,42-,43?,44?,45?,46?/m0/s1. The van der Waals surface area contributed by atoms with Crippen LogP contribution in [-0.2, 0) is 32.7 Å². The third-order valence-electron chi connectivity index (χ3n) is 10.1. The lowest BCUT2D eigenvalue weighted by Gasteiger charge is -2.41. The number of aliphatic hydroxyl groups is 5. The predicted octanol–water partition coefficient (Wildman–Crippen LogP) is 8.55. The number of hydrogen-bond acceptors (Lipinski definition) is 12. The SMILES string of the molecule is CCC/C=C/C/C=C/C/C=C/C/C=C/CCCCCC(=O)OC[C@@H](COP(=O)(O)OC1C(O)C(O)C(O)[C@H](O)C1O)OC(=O)CCCCCCC/C=C/CCCCCCC. The first-order valence-corrected chi connectivity index (χ1v) is 24.1. The third-order valence-corrected chi connectivity index (χ3v) is 11.0. The van der Waals surface area contributed by atoms with E-state index in [0.29, 0.717) is 12.8 Å². The molecule has 60 heavy (non-hydrogen) atoms. The van der Waals surface area contributed by atoms with Crippen LogP contribution in [0, 0.1) is 0 Å². The number of phosphoric ester groups is 1. The highest BCUT2D eigenvalue weighted by Crippen LogP contribution is 2.47. The van der Waals surface area contributed by atoms with E-state index in [4.69, 9.17) is 18.5 Å². The molecular formula is C46H79O13P. The number of esters is 2. The maximum absolute atomic E-state index is 12.8. The first-order chi connectivity index (χ1) is 28.9. The summed E-state index contributed by atoms with van der Waals surface area (Å²) in [6.45, 7) is 3.17. The number of carbonyl (C=O) groups excluding carboxylic acids is 2. The van der Waals surface area contributed by atoms with E-state index in [-0.39, 0.29) is 12.8 Å². The zero-order valence-electron chi connectivity index (χ0n) is 36.5. The highest BCUT2D eigenvalue weighted by Gasteiger charge is 2.51. The molecular weight excluding hydrogens is 791 g/mol. The Balaban J connectivity index is 2.51. The van der Waals surface area contributed by atoms with Gasteiger partial charge in [-0.3, -0.25) is 18.6 Å². The average Bonchev–Trinajstić information content (AvgIpc) is 3.23. The van der Waals surface area contributed by atoms with Gasteiger partial charge in [0.1, 0.15) is 43.2 Å². The summed E-state index contributed by atoms with van der Waals surface area (Å²) in [7, 11) is -5.13. The second-order valence-corrected chi connectivity index (χ2v) is 16.9. The Morgan fingerprint density at radius 3 is 1.47 bits per heavy atom. The molecule has 0 aromatic heterocycles. The van der Waals surface area contributed by atoms with E-state index in [9.17, 15) is 44.6 Å². The molecule has 0 spiro atoms. The van der Waals surface area contributed by atoms with E-state index in [0.717, 1.165) is 83.5 Å². The van der Waals surface area contributed by atoms with E-state index in [1.54, 1.807) is 0 Å². The summed E-state index contributed by atoms with van der Waals surface area (Å²) < 4.78 is 33.5. The molecule has 0 radical (unpaired) electrons. The number of hydrogen-bond donors (Lipinski definition) is 6. The van der Waals surface area contributed by atoms with Crippen LogP contribution in [0.2, 0.25) is 0 Å². The molecule has 0 aromatic rings. The number of phosphoric acid groups is 1. The van der Waals surface area contributed by atoms with Gasteiger partial charge in [-0.25, -0.2) is 4.57 Å². The minimum Gasteiger partial charge on any atom is -0.462 e. The van der Waals surface area contributed by atoms with Crippen molar-refractivity contribution in [1.29, 1.82) is 0 Å². The van der Waals surface area contributed by atoms with Crippen molar-refractivity contribution < 1.29 is 63.1 Å². The van der Waals surface area contributed by atoms with Crippen LogP contribution < -0.4 is 0 Å². The highest BCUT2D eigenvalue weighted by atomic mass is 31.2. The Morgan fingerprint density at radius 2 is 0.933 bits per heavy atom. The summed E-state index contributed by atoms with van der Waals surface area (Å²) in [6, 6.07) is 0. The summed E-state index contributed by atoms with van der Waals surface area (Å²) in [5, 5.41) is 50.1. The molecule has 1 fully saturated rings. The molecule has 0 bridgehead atoms. The predicted molar refractivity (Wildman–Crippen MR) is 235 cm³/mol. The van der Waals surface area contributed by atoms with Gasteiger partial charge in [-0.15, -0.1) is 0 Å². The van der Waals surface area contributed by atoms with Crippen LogP contribution in [0.3, 0.4) is 0 Å². The van der Waals surface area contributed by atoms with Gasteiger partial charge in [-0.1, -0.05) is 132 Å². The van der Waals surface area contributed by atoms with Crippen LogP contribution in [0.4, 0.5) is 0 Å². The number of ether oxygens (including phenoxy) is 2. The summed E-state index contributed by atoms with van der Waals surface area (Å²) in [5.41, 5.74) is 0. The zero-order valence-corrected chi connectivity index (χ0v) is 37.4. The molecule has 0 aliphatic heterocycles. The molecule has 6 unspecified atom stereocenters. The van der Waals surface area contributed by atoms with Crippen molar-refractivity contribution in [1.82, 2.24) is 0 Å². The molecule has 14 heteroatoms. The summed E-state index contributed by atoms with van der Waals surface area (Å²) in [4.78, 5) is 35.6. The van der Waals surface area contributed by atoms with Gasteiger partial charge in [0.05, 0.1) is 6.61 Å². The van der Waals surface area contributed by atoms with E-state index in [1.807, 2.05) is 0 Å². The lowest BCUT2D eigenvalue weighted by atomic mass is 9.85. The van der Waals surface area contributed by atoms with Crippen LogP contribution in [0.5, 0.6) is 0 Å². The first kappa shape index (κ1) is 55.6. The van der Waals surface area contributed by atoms with Gasteiger partial charge in [0.2, 0.25) is 0 Å². The summed E-state index contributed by atoms with van der Waals surface area (Å²) >= 11 is 0. The van der Waals surface area contributed by atoms with Gasteiger partial charge < -0.3 is 39.9 Å². The zero-order chi connectivity index (χ0) is 44.3. The maximum atomic E-state index is 12.8. The van der Waals surface area contributed by atoms with E-state index in [2.05, 4.69) is 74.6 Å². The number of carbonyl (C=O) groups is 2. The Kier molecular flexibility index (Phi) is 33.4. The molecule has 1 saturated carbocycles. The van der Waals surface area contributed by atoms with E-state index >= 15 is 0 Å². The smallest absolute Gasteiger partial charge is 0.462 e. The molecule has 6 N–H and O–H groups in total. The Morgan fingerprint density at radius 1 is 0.517 bits per heavy atom. The lowest BCUT2D eigenvalue weighted by molar-refractivity contribution is -0.220. The quantitative estimate of drug-likeness (QED) is 0.0151. The monoisotopic (exact) mass is 871 g/mol. The normalized spacial score (nSPS) is 22.7. The fourth-order valence-corrected chi connectivity index (χ4v) is 7.36. The summed E-state index contributed by atoms with van der Waals surface area (Å²) in [5.74, 6) is -1.15. The molecule has 0 heterocycles. The van der Waals surface area contributed by atoms with Crippen LogP contribution in [0.25, 0.3) is 0 Å². The molecule has 346 valence electrons. The molecule has 1 aliphatic rings. The minimum atomic E-state index is -5.13. The number of unbranched alkanes of at least 4 members (excludes halogenated alkanes) is 14. The highest BCUT2D eigenvalue weighted by molar-refractivity contribution is 7.47. The fraction of sp³-hybridized carbons (Fsp3) is 0.739. The molecule has 8 atom stereocenters. The van der Waals surface area contributed by atoms with Gasteiger partial charge in [0.25, 0.3) is 0 Å². The maximum Gasteiger partial charge on any atom is 0.472 e. The van der Waals surface area contributed by atoms with Crippen LogP contribution >= 0.6 is 7.82 Å². The van der Waals surface area contributed by atoms with Crippen LogP contribution in [0.1, 0.15) is 162 Å². The van der Waals surface area contributed by atoms with Crippen molar-refractivity contribution >= 4 is 19.8 Å². The van der Waals surface area contributed by atoms with Gasteiger partial charge >= 0.3 is 19.8 Å². The first-order valence-electron chi connectivity index (χ1n) is 22.6. The molecule has 0 aromatic carbocycles. The van der Waals surface area contributed by atoms with Crippen molar-refractivity contribution in [2.24, 2.45) is 0 Å². The van der Waals surface area contributed by atoms with Gasteiger partial charge in [-0.05, 0) is 77.0 Å². The van der Waals surface area contributed by atoms with Crippen molar-refractivity contribution in [3.63, 3.8) is 0 Å². The number of aliphatic hydroxyl groups excluding tert-OH is 5. The molecule has 0 saturated heterocycles. The van der Waals surface area contributed by atoms with E-state index in [1.165, 1.54) is 38.5 Å². The molecule has 13 nitrogen and oxygen atoms in total. The van der Waals surface area contributed by atoms with Gasteiger partial charge in [0, 0.05) is 12.8 Å². The minimum absolute atomic E-state index is 0.0770. The van der Waals surface area contributed by atoms with Crippen molar-refractivity contribution in [3.8, 4) is 0 Å². The van der Waals surface area contributed by atoms with Crippen molar-refractivity contribution in [3.05, 3.63) is 60.8 Å². The van der Waals surface area contributed by atoms with Crippen LogP contribution in [0.15, 0.2) is 60.8 Å². The largest absolute Gasteiger partial charge is 0.472 e. The number of rotatable bonds is 36. The molecule has 1 rings (SSSR count). The van der Waals surface area contributed by atoms with Gasteiger partial charge in [-0.2, -0.15) is 0 Å². The van der Waals surface area contributed by atoms with Crippen LogP contribution in [-0.4, -0.2) is 98.3 Å². The van der Waals surface area contributed by atoms with E-state index < -0.39 is 75.7 Å². The Hall–Kier alpha value is -2.45. The average molecular weight is 871 g/mol.